The summed E-state index contributed by atoms with van der Waals surface area (Å²) in [7, 11) is 0. The van der Waals surface area contributed by atoms with Crippen LogP contribution < -0.4 is 5.32 Å². The van der Waals surface area contributed by atoms with Gasteiger partial charge in [-0.1, -0.05) is 54.1 Å². The Bertz CT molecular complexity index is 921. The largest absolute Gasteiger partial charge is 0.479 e. The predicted molar refractivity (Wildman–Crippen MR) is 106 cm³/mol. The fraction of sp³-hybridized carbons (Fsp3) is 0.304. The van der Waals surface area contributed by atoms with Crippen LogP contribution >= 0.6 is 0 Å². The van der Waals surface area contributed by atoms with E-state index >= 15 is 0 Å². The second-order valence-electron chi connectivity index (χ2n) is 7.79. The van der Waals surface area contributed by atoms with E-state index in [1.165, 1.54) is 0 Å². The minimum absolute atomic E-state index is 0.0515. The molecule has 1 amide bonds. The number of aliphatic carboxylic acids is 1. The van der Waals surface area contributed by atoms with Crippen molar-refractivity contribution < 1.29 is 19.4 Å². The SMILES string of the molecule is C=C(C)C[C@@H]1C[C@@]1(NC(=O)OCC1c2ccccc2-c2ccccc21)C(=O)O. The molecule has 144 valence electrons. The number of carbonyl (C=O) groups is 2. The third-order valence-corrected chi connectivity index (χ3v) is 5.75. The van der Waals surface area contributed by atoms with Gasteiger partial charge in [0, 0.05) is 5.92 Å². The molecule has 1 saturated carbocycles. The van der Waals surface area contributed by atoms with Crippen LogP contribution in [0.15, 0.2) is 60.7 Å². The molecule has 5 nitrogen and oxygen atoms in total. The standard InChI is InChI=1S/C23H23NO4/c1-14(2)11-15-12-23(15,21(25)26)24-22(27)28-13-20-18-9-5-3-7-16(18)17-8-4-6-10-19(17)20/h3-10,15,20H,1,11-13H2,2H3,(H,24,27)(H,25,26)/t15-,23+/m1/s1. The maximum atomic E-state index is 12.4. The third kappa shape index (κ3) is 3.07. The summed E-state index contributed by atoms with van der Waals surface area (Å²) in [4.78, 5) is 24.1. The third-order valence-electron chi connectivity index (χ3n) is 5.75. The van der Waals surface area contributed by atoms with Crippen LogP contribution in [0.25, 0.3) is 11.1 Å². The highest BCUT2D eigenvalue weighted by Crippen LogP contribution is 2.48. The van der Waals surface area contributed by atoms with E-state index in [4.69, 9.17) is 4.74 Å². The van der Waals surface area contributed by atoms with E-state index in [1.54, 1.807) is 0 Å². The lowest BCUT2D eigenvalue weighted by Crippen LogP contribution is -2.45. The van der Waals surface area contributed by atoms with Crippen LogP contribution in [0.1, 0.15) is 36.8 Å². The highest BCUT2D eigenvalue weighted by molar-refractivity contribution is 5.88. The number of carboxylic acid groups (broad SMARTS) is 1. The van der Waals surface area contributed by atoms with Crippen LogP contribution in [0.4, 0.5) is 4.79 Å². The number of ether oxygens (including phenoxy) is 1. The van der Waals surface area contributed by atoms with Crippen molar-refractivity contribution in [3.63, 3.8) is 0 Å². The predicted octanol–water partition coefficient (Wildman–Crippen LogP) is 4.33. The van der Waals surface area contributed by atoms with Gasteiger partial charge in [-0.05, 0) is 47.9 Å². The molecule has 2 aromatic carbocycles. The van der Waals surface area contributed by atoms with Gasteiger partial charge in [-0.3, -0.25) is 0 Å². The van der Waals surface area contributed by atoms with Crippen molar-refractivity contribution in [3.05, 3.63) is 71.8 Å². The van der Waals surface area contributed by atoms with Gasteiger partial charge in [-0.2, -0.15) is 0 Å². The van der Waals surface area contributed by atoms with Gasteiger partial charge in [0.1, 0.15) is 12.1 Å². The van der Waals surface area contributed by atoms with E-state index < -0.39 is 17.6 Å². The molecule has 0 heterocycles. The Labute approximate surface area is 164 Å². The molecule has 0 saturated heterocycles. The summed E-state index contributed by atoms with van der Waals surface area (Å²) in [6.07, 6.45) is 0.295. The molecular formula is C23H23NO4. The number of carbonyl (C=O) groups excluding carboxylic acids is 1. The zero-order valence-corrected chi connectivity index (χ0v) is 15.8. The Hall–Kier alpha value is -3.08. The van der Waals surface area contributed by atoms with Crippen LogP contribution in [0, 0.1) is 5.92 Å². The van der Waals surface area contributed by atoms with E-state index in [1.807, 2.05) is 43.3 Å². The van der Waals surface area contributed by atoms with Crippen molar-refractivity contribution in [2.45, 2.75) is 31.2 Å². The first kappa shape index (κ1) is 18.3. The van der Waals surface area contributed by atoms with Crippen molar-refractivity contribution in [2.75, 3.05) is 6.61 Å². The van der Waals surface area contributed by atoms with Crippen molar-refractivity contribution in [1.29, 1.82) is 0 Å². The van der Waals surface area contributed by atoms with Gasteiger partial charge >= 0.3 is 12.1 Å². The lowest BCUT2D eigenvalue weighted by molar-refractivity contribution is -0.141. The molecule has 0 aromatic heterocycles. The molecule has 2 aliphatic rings. The summed E-state index contributed by atoms with van der Waals surface area (Å²) in [6, 6.07) is 16.2. The van der Waals surface area contributed by atoms with Crippen LogP contribution in [-0.4, -0.2) is 29.3 Å². The Morgan fingerprint density at radius 3 is 2.25 bits per heavy atom. The molecule has 5 heteroatoms. The molecule has 0 bridgehead atoms. The summed E-state index contributed by atoms with van der Waals surface area (Å²) >= 11 is 0. The number of fused-ring (bicyclic) bond motifs is 3. The number of rotatable bonds is 6. The summed E-state index contributed by atoms with van der Waals surface area (Å²) < 4.78 is 5.48. The van der Waals surface area contributed by atoms with Gasteiger partial charge in [-0.15, -0.1) is 6.58 Å². The fourth-order valence-electron chi connectivity index (χ4n) is 4.28. The second-order valence-corrected chi connectivity index (χ2v) is 7.79. The number of amides is 1. The zero-order chi connectivity index (χ0) is 19.9. The Balaban J connectivity index is 1.46. The van der Waals surface area contributed by atoms with E-state index in [0.717, 1.165) is 27.8 Å². The zero-order valence-electron chi connectivity index (χ0n) is 15.8. The van der Waals surface area contributed by atoms with Crippen LogP contribution in [0.3, 0.4) is 0 Å². The van der Waals surface area contributed by atoms with Gasteiger partial charge in [0.2, 0.25) is 0 Å². The van der Waals surface area contributed by atoms with Gasteiger partial charge < -0.3 is 15.2 Å². The van der Waals surface area contributed by atoms with Gasteiger partial charge in [-0.25, -0.2) is 9.59 Å². The first-order valence-corrected chi connectivity index (χ1v) is 9.43. The highest BCUT2D eigenvalue weighted by Gasteiger charge is 2.61. The summed E-state index contributed by atoms with van der Waals surface area (Å²) in [5, 5.41) is 12.2. The van der Waals surface area contributed by atoms with Gasteiger partial charge in [0.15, 0.2) is 0 Å². The number of hydrogen-bond donors (Lipinski definition) is 2. The Morgan fingerprint density at radius 2 is 1.71 bits per heavy atom. The molecule has 2 N–H and O–H groups in total. The molecule has 0 aliphatic heterocycles. The number of allylic oxidation sites excluding steroid dienone is 1. The normalized spacial score (nSPS) is 22.1. The van der Waals surface area contributed by atoms with Crippen LogP contribution in [0.5, 0.6) is 0 Å². The lowest BCUT2D eigenvalue weighted by atomic mass is 9.98. The summed E-state index contributed by atoms with van der Waals surface area (Å²) in [5.41, 5.74) is 4.21. The number of carboxylic acids is 1. The molecule has 0 unspecified atom stereocenters. The van der Waals surface area contributed by atoms with Crippen molar-refractivity contribution >= 4 is 12.1 Å². The Morgan fingerprint density at radius 1 is 1.14 bits per heavy atom. The van der Waals surface area contributed by atoms with Gasteiger partial charge in [0.05, 0.1) is 0 Å². The monoisotopic (exact) mass is 377 g/mol. The smallest absolute Gasteiger partial charge is 0.408 e. The molecule has 4 rings (SSSR count). The fourth-order valence-corrected chi connectivity index (χ4v) is 4.28. The molecule has 2 aromatic rings. The second kappa shape index (κ2) is 6.82. The molecule has 2 aliphatic carbocycles. The van der Waals surface area contributed by atoms with E-state index in [-0.39, 0.29) is 18.4 Å². The van der Waals surface area contributed by atoms with Crippen molar-refractivity contribution in [3.8, 4) is 11.1 Å². The van der Waals surface area contributed by atoms with E-state index in [2.05, 4.69) is 24.0 Å². The lowest BCUT2D eigenvalue weighted by Gasteiger charge is -2.18. The van der Waals surface area contributed by atoms with Crippen molar-refractivity contribution in [1.82, 2.24) is 5.32 Å². The molecule has 0 radical (unpaired) electrons. The minimum atomic E-state index is -1.23. The van der Waals surface area contributed by atoms with Crippen LogP contribution in [0.2, 0.25) is 0 Å². The molecule has 28 heavy (non-hydrogen) atoms. The molecule has 2 atom stereocenters. The number of nitrogens with one attached hydrogen (secondary N) is 1. The average molecular weight is 377 g/mol. The van der Waals surface area contributed by atoms with Crippen LogP contribution in [-0.2, 0) is 9.53 Å². The maximum absolute atomic E-state index is 12.4. The first-order chi connectivity index (χ1) is 13.4. The molecule has 0 spiro atoms. The minimum Gasteiger partial charge on any atom is -0.479 e. The number of alkyl carbamates (subject to hydrolysis) is 1. The number of hydrogen-bond acceptors (Lipinski definition) is 3. The average Bonchev–Trinajstić information content (AvgIpc) is 3.24. The summed E-state index contributed by atoms with van der Waals surface area (Å²) in [5.74, 6) is -1.21. The quantitative estimate of drug-likeness (QED) is 0.735. The maximum Gasteiger partial charge on any atom is 0.408 e. The number of benzene rings is 2. The molecule has 1 fully saturated rings. The summed E-state index contributed by atoms with van der Waals surface area (Å²) in [6.45, 7) is 5.86. The molecular weight excluding hydrogens is 354 g/mol. The highest BCUT2D eigenvalue weighted by atomic mass is 16.5. The van der Waals surface area contributed by atoms with E-state index in [0.29, 0.717) is 12.8 Å². The first-order valence-electron chi connectivity index (χ1n) is 9.43. The Kier molecular flexibility index (Phi) is 4.46. The van der Waals surface area contributed by atoms with E-state index in [9.17, 15) is 14.7 Å². The topological polar surface area (TPSA) is 75.6 Å². The van der Waals surface area contributed by atoms with Crippen molar-refractivity contribution in [2.24, 2.45) is 5.92 Å². The van der Waals surface area contributed by atoms with Gasteiger partial charge in [0.25, 0.3) is 0 Å².